The van der Waals surface area contributed by atoms with Gasteiger partial charge in [-0.3, -0.25) is 4.79 Å². The van der Waals surface area contributed by atoms with Crippen LogP contribution < -0.4 is 5.32 Å². The summed E-state index contributed by atoms with van der Waals surface area (Å²) in [5.74, 6) is 0.0374. The Kier molecular flexibility index (Phi) is 4.53. The van der Waals surface area contributed by atoms with Gasteiger partial charge < -0.3 is 10.2 Å². The highest BCUT2D eigenvalue weighted by Gasteiger charge is 2.29. The minimum absolute atomic E-state index is 0.0374. The predicted molar refractivity (Wildman–Crippen MR) is 73.2 cm³/mol. The molecular weight excluding hydrogens is 238 g/mol. The van der Waals surface area contributed by atoms with Crippen LogP contribution in [0.4, 0.5) is 0 Å². The quantitative estimate of drug-likeness (QED) is 0.899. The lowest BCUT2D eigenvalue weighted by Gasteiger charge is -2.30. The molecule has 0 spiro atoms. The molecule has 1 saturated heterocycles. The average Bonchev–Trinajstić information content (AvgIpc) is 2.62. The molecule has 0 radical (unpaired) electrons. The summed E-state index contributed by atoms with van der Waals surface area (Å²) in [4.78, 5) is 14.3. The molecule has 0 saturated carbocycles. The molecule has 1 aromatic rings. The van der Waals surface area contributed by atoms with E-state index < -0.39 is 0 Å². The summed E-state index contributed by atoms with van der Waals surface area (Å²) in [6.07, 6.45) is 1.15. The van der Waals surface area contributed by atoms with Gasteiger partial charge in [0, 0.05) is 6.54 Å². The number of hydrogen-bond donors (Lipinski definition) is 1. The highest BCUT2D eigenvalue weighted by Crippen LogP contribution is 2.22. The van der Waals surface area contributed by atoms with Crippen molar-refractivity contribution in [2.75, 3.05) is 13.1 Å². The molecule has 1 heterocycles. The number of benzene rings is 1. The normalized spacial score (nSPS) is 21.6. The molecule has 2 unspecified atom stereocenters. The number of carbonyl (C=O) groups is 1. The third kappa shape index (κ3) is 3.12. The maximum absolute atomic E-state index is 12.5. The van der Waals surface area contributed by atoms with Crippen LogP contribution in [-0.2, 0) is 4.79 Å². The maximum atomic E-state index is 12.5. The highest BCUT2D eigenvalue weighted by molar-refractivity contribution is 5.82. The Morgan fingerprint density at radius 2 is 2.21 bits per heavy atom. The van der Waals surface area contributed by atoms with Crippen molar-refractivity contribution < 1.29 is 4.79 Å². The van der Waals surface area contributed by atoms with Gasteiger partial charge in [0.1, 0.15) is 0 Å². The van der Waals surface area contributed by atoms with E-state index in [-0.39, 0.29) is 24.4 Å². The molecule has 2 atom stereocenters. The van der Waals surface area contributed by atoms with Gasteiger partial charge in [-0.05, 0) is 25.5 Å². The van der Waals surface area contributed by atoms with Crippen LogP contribution in [0.3, 0.4) is 0 Å². The van der Waals surface area contributed by atoms with Crippen LogP contribution in [0.15, 0.2) is 30.3 Å². The molecule has 0 aliphatic carbocycles. The van der Waals surface area contributed by atoms with Crippen molar-refractivity contribution >= 4 is 5.91 Å². The highest BCUT2D eigenvalue weighted by atomic mass is 16.2. The lowest BCUT2D eigenvalue weighted by atomic mass is 10.1. The third-order valence-electron chi connectivity index (χ3n) is 3.59. The zero-order valence-corrected chi connectivity index (χ0v) is 11.2. The third-order valence-corrected chi connectivity index (χ3v) is 3.59. The Balaban J connectivity index is 2.17. The first-order valence-corrected chi connectivity index (χ1v) is 6.70. The van der Waals surface area contributed by atoms with Crippen LogP contribution >= 0.6 is 0 Å². The number of carbonyl (C=O) groups excluding carboxylic acids is 1. The van der Waals surface area contributed by atoms with E-state index in [4.69, 9.17) is 5.26 Å². The van der Waals surface area contributed by atoms with E-state index in [2.05, 4.69) is 11.4 Å². The molecule has 4 heteroatoms. The molecule has 19 heavy (non-hydrogen) atoms. The summed E-state index contributed by atoms with van der Waals surface area (Å²) in [6.45, 7) is 3.57. The molecular formula is C15H19N3O. The van der Waals surface area contributed by atoms with E-state index in [1.54, 1.807) is 0 Å². The van der Waals surface area contributed by atoms with E-state index in [1.165, 1.54) is 0 Å². The monoisotopic (exact) mass is 257 g/mol. The number of nitriles is 1. The fourth-order valence-electron chi connectivity index (χ4n) is 2.47. The average molecular weight is 257 g/mol. The summed E-state index contributed by atoms with van der Waals surface area (Å²) >= 11 is 0. The Hall–Kier alpha value is -1.86. The molecule has 1 amide bonds. The van der Waals surface area contributed by atoms with Crippen molar-refractivity contribution in [2.24, 2.45) is 0 Å². The molecule has 1 N–H and O–H groups in total. The second-order valence-corrected chi connectivity index (χ2v) is 4.84. The molecule has 1 aliphatic rings. The predicted octanol–water partition coefficient (Wildman–Crippen LogP) is 1.85. The summed E-state index contributed by atoms with van der Waals surface area (Å²) in [5.41, 5.74) is 1.13. The summed E-state index contributed by atoms with van der Waals surface area (Å²) < 4.78 is 0. The fraction of sp³-hybridized carbons (Fsp3) is 0.467. The largest absolute Gasteiger partial charge is 0.335 e. The molecule has 4 nitrogen and oxygen atoms in total. The van der Waals surface area contributed by atoms with Crippen LogP contribution in [0.25, 0.3) is 0 Å². The minimum Gasteiger partial charge on any atom is -0.335 e. The van der Waals surface area contributed by atoms with Crippen molar-refractivity contribution in [1.82, 2.24) is 10.2 Å². The summed E-state index contributed by atoms with van der Waals surface area (Å²) in [6, 6.07) is 11.8. The van der Waals surface area contributed by atoms with Crippen molar-refractivity contribution in [3.63, 3.8) is 0 Å². The summed E-state index contributed by atoms with van der Waals surface area (Å²) in [5, 5.41) is 12.0. The second kappa shape index (κ2) is 6.35. The molecule has 1 aromatic carbocycles. The van der Waals surface area contributed by atoms with Crippen molar-refractivity contribution in [2.45, 2.75) is 31.8 Å². The van der Waals surface area contributed by atoms with Crippen LogP contribution in [0, 0.1) is 11.3 Å². The number of amides is 1. The van der Waals surface area contributed by atoms with Gasteiger partial charge in [0.15, 0.2) is 0 Å². The van der Waals surface area contributed by atoms with Crippen LogP contribution in [0.5, 0.6) is 0 Å². The molecule has 1 aliphatic heterocycles. The van der Waals surface area contributed by atoms with Gasteiger partial charge in [-0.2, -0.15) is 5.26 Å². The lowest BCUT2D eigenvalue weighted by molar-refractivity contribution is -0.134. The molecule has 100 valence electrons. The van der Waals surface area contributed by atoms with E-state index in [0.29, 0.717) is 0 Å². The Bertz CT molecular complexity index is 466. The van der Waals surface area contributed by atoms with Gasteiger partial charge in [0.25, 0.3) is 0 Å². The van der Waals surface area contributed by atoms with E-state index >= 15 is 0 Å². The minimum atomic E-state index is -0.362. The zero-order valence-electron chi connectivity index (χ0n) is 11.2. The van der Waals surface area contributed by atoms with Gasteiger partial charge in [0.05, 0.1) is 24.6 Å². The van der Waals surface area contributed by atoms with Gasteiger partial charge in [-0.1, -0.05) is 30.3 Å². The smallest absolute Gasteiger partial charge is 0.241 e. The lowest BCUT2D eigenvalue weighted by Crippen LogP contribution is -2.44. The first-order chi connectivity index (χ1) is 9.24. The molecule has 0 bridgehead atoms. The van der Waals surface area contributed by atoms with E-state index in [0.717, 1.165) is 25.1 Å². The van der Waals surface area contributed by atoms with Crippen molar-refractivity contribution in [3.8, 4) is 6.07 Å². The number of rotatable bonds is 3. The SMILES string of the molecule is CC(c1ccccc1)N1CCCNC(CC#N)C1=O. The van der Waals surface area contributed by atoms with Gasteiger partial charge in [0.2, 0.25) is 5.91 Å². The fourth-order valence-corrected chi connectivity index (χ4v) is 2.47. The van der Waals surface area contributed by atoms with Crippen LogP contribution in [-0.4, -0.2) is 29.9 Å². The zero-order chi connectivity index (χ0) is 13.7. The topological polar surface area (TPSA) is 56.1 Å². The number of nitrogens with one attached hydrogen (secondary N) is 1. The summed E-state index contributed by atoms with van der Waals surface area (Å²) in [7, 11) is 0. The van der Waals surface area contributed by atoms with Gasteiger partial charge in [-0.15, -0.1) is 0 Å². The molecule has 0 aromatic heterocycles. The second-order valence-electron chi connectivity index (χ2n) is 4.84. The Morgan fingerprint density at radius 3 is 2.89 bits per heavy atom. The Morgan fingerprint density at radius 1 is 1.47 bits per heavy atom. The molecule has 2 rings (SSSR count). The maximum Gasteiger partial charge on any atom is 0.241 e. The number of hydrogen-bond acceptors (Lipinski definition) is 3. The van der Waals surface area contributed by atoms with E-state index in [9.17, 15) is 4.79 Å². The first kappa shape index (κ1) is 13.6. The van der Waals surface area contributed by atoms with Crippen LogP contribution in [0.1, 0.15) is 31.4 Å². The Labute approximate surface area is 114 Å². The number of nitrogens with zero attached hydrogens (tertiary/aromatic N) is 2. The van der Waals surface area contributed by atoms with Crippen LogP contribution in [0.2, 0.25) is 0 Å². The standard InChI is InChI=1S/C15H19N3O/c1-12(13-6-3-2-4-7-13)18-11-5-10-17-14(8-9-16)15(18)19/h2-4,6-7,12,14,17H,5,8,10-11H2,1H3. The first-order valence-electron chi connectivity index (χ1n) is 6.70. The van der Waals surface area contributed by atoms with Gasteiger partial charge in [-0.25, -0.2) is 0 Å². The van der Waals surface area contributed by atoms with Crippen molar-refractivity contribution in [1.29, 1.82) is 5.26 Å². The molecule has 1 fully saturated rings. The van der Waals surface area contributed by atoms with E-state index in [1.807, 2.05) is 42.2 Å². The van der Waals surface area contributed by atoms with Gasteiger partial charge >= 0.3 is 0 Å². The van der Waals surface area contributed by atoms with Crippen molar-refractivity contribution in [3.05, 3.63) is 35.9 Å².